The molecule has 0 saturated heterocycles. The predicted octanol–water partition coefficient (Wildman–Crippen LogP) is 3.31. The fourth-order valence-corrected chi connectivity index (χ4v) is 2.60. The quantitative estimate of drug-likeness (QED) is 0.893. The second kappa shape index (κ2) is 5.36. The Morgan fingerprint density at radius 3 is 2.89 bits per heavy atom. The number of hydrogen-bond donors (Lipinski definition) is 2. The van der Waals surface area contributed by atoms with Gasteiger partial charge in [0.1, 0.15) is 11.0 Å². The van der Waals surface area contributed by atoms with Gasteiger partial charge in [0, 0.05) is 15.4 Å². The molecule has 0 radical (unpaired) electrons. The van der Waals surface area contributed by atoms with Crippen molar-refractivity contribution in [2.45, 2.75) is 6.04 Å². The van der Waals surface area contributed by atoms with Crippen molar-refractivity contribution < 1.29 is 9.90 Å². The summed E-state index contributed by atoms with van der Waals surface area (Å²) in [4.78, 5) is 15.0. The summed E-state index contributed by atoms with van der Waals surface area (Å²) in [6, 6.07) is 4.34. The standard InChI is InChI=1S/C11H8BrClN2O2S/c12-6-2-1-5(3-7(6)13)10-15-8(4-18-10)9(14)11(16)17/h1-4,9H,14H2,(H,16,17). The van der Waals surface area contributed by atoms with Crippen LogP contribution in [0.25, 0.3) is 10.6 Å². The van der Waals surface area contributed by atoms with Crippen molar-refractivity contribution in [1.82, 2.24) is 4.98 Å². The average molecular weight is 348 g/mol. The van der Waals surface area contributed by atoms with Gasteiger partial charge in [-0.3, -0.25) is 4.79 Å². The van der Waals surface area contributed by atoms with Gasteiger partial charge in [0.25, 0.3) is 0 Å². The summed E-state index contributed by atoms with van der Waals surface area (Å²) in [7, 11) is 0. The number of halogens is 2. The number of carboxylic acids is 1. The van der Waals surface area contributed by atoms with E-state index < -0.39 is 12.0 Å². The SMILES string of the molecule is NC(C(=O)O)c1csc(-c2ccc(Br)c(Cl)c2)n1. The first kappa shape index (κ1) is 13.5. The summed E-state index contributed by atoms with van der Waals surface area (Å²) in [5.74, 6) is -1.10. The van der Waals surface area contributed by atoms with Crippen LogP contribution in [0.2, 0.25) is 5.02 Å². The molecule has 94 valence electrons. The van der Waals surface area contributed by atoms with Crippen LogP contribution < -0.4 is 5.73 Å². The molecule has 0 fully saturated rings. The second-order valence-electron chi connectivity index (χ2n) is 3.52. The first-order valence-electron chi connectivity index (χ1n) is 4.88. The van der Waals surface area contributed by atoms with E-state index in [1.807, 2.05) is 12.1 Å². The van der Waals surface area contributed by atoms with Crippen molar-refractivity contribution in [2.24, 2.45) is 5.73 Å². The van der Waals surface area contributed by atoms with Gasteiger partial charge >= 0.3 is 5.97 Å². The highest BCUT2D eigenvalue weighted by atomic mass is 79.9. The first-order chi connectivity index (χ1) is 8.49. The van der Waals surface area contributed by atoms with Gasteiger partial charge in [0.15, 0.2) is 0 Å². The molecule has 1 heterocycles. The third-order valence-corrected chi connectivity index (χ3v) is 4.42. The van der Waals surface area contributed by atoms with E-state index in [1.54, 1.807) is 11.4 Å². The van der Waals surface area contributed by atoms with Crippen LogP contribution in [0.5, 0.6) is 0 Å². The lowest BCUT2D eigenvalue weighted by molar-refractivity contribution is -0.138. The Bertz CT molecular complexity index is 602. The maximum absolute atomic E-state index is 10.8. The Hall–Kier alpha value is -0.950. The highest BCUT2D eigenvalue weighted by Crippen LogP contribution is 2.31. The van der Waals surface area contributed by atoms with E-state index in [4.69, 9.17) is 22.4 Å². The number of aliphatic carboxylic acids is 1. The lowest BCUT2D eigenvalue weighted by Crippen LogP contribution is -2.20. The summed E-state index contributed by atoms with van der Waals surface area (Å²) in [6.45, 7) is 0. The fourth-order valence-electron chi connectivity index (χ4n) is 1.32. The third kappa shape index (κ3) is 2.72. The molecule has 0 spiro atoms. The van der Waals surface area contributed by atoms with E-state index >= 15 is 0 Å². The van der Waals surface area contributed by atoms with Crippen LogP contribution >= 0.6 is 38.9 Å². The summed E-state index contributed by atoms with van der Waals surface area (Å²) in [5, 5.41) is 11.7. The predicted molar refractivity (Wildman–Crippen MR) is 74.8 cm³/mol. The van der Waals surface area contributed by atoms with Crippen molar-refractivity contribution in [3.05, 3.63) is 38.8 Å². The maximum atomic E-state index is 10.8. The molecule has 0 aliphatic heterocycles. The van der Waals surface area contributed by atoms with Crippen LogP contribution in [0.4, 0.5) is 0 Å². The minimum absolute atomic E-state index is 0.349. The largest absolute Gasteiger partial charge is 0.480 e. The molecule has 0 aliphatic carbocycles. The fraction of sp³-hybridized carbons (Fsp3) is 0.0909. The third-order valence-electron chi connectivity index (χ3n) is 2.27. The van der Waals surface area contributed by atoms with E-state index in [1.165, 1.54) is 11.3 Å². The van der Waals surface area contributed by atoms with Crippen LogP contribution in [0.1, 0.15) is 11.7 Å². The van der Waals surface area contributed by atoms with Gasteiger partial charge < -0.3 is 10.8 Å². The Kier molecular flexibility index (Phi) is 4.01. The number of carboxylic acid groups (broad SMARTS) is 1. The van der Waals surface area contributed by atoms with E-state index in [2.05, 4.69) is 20.9 Å². The summed E-state index contributed by atoms with van der Waals surface area (Å²) < 4.78 is 0.798. The van der Waals surface area contributed by atoms with Gasteiger partial charge in [0.2, 0.25) is 0 Å². The molecule has 0 saturated carbocycles. The Morgan fingerprint density at radius 1 is 1.56 bits per heavy atom. The molecule has 1 atom stereocenters. The minimum Gasteiger partial charge on any atom is -0.480 e. The lowest BCUT2D eigenvalue weighted by atomic mass is 10.2. The molecule has 0 amide bonds. The van der Waals surface area contributed by atoms with Crippen molar-refractivity contribution in [3.8, 4) is 10.6 Å². The normalized spacial score (nSPS) is 12.4. The van der Waals surface area contributed by atoms with Crippen molar-refractivity contribution in [1.29, 1.82) is 0 Å². The first-order valence-corrected chi connectivity index (χ1v) is 6.93. The summed E-state index contributed by atoms with van der Waals surface area (Å²) in [6.07, 6.45) is 0. The van der Waals surface area contributed by atoms with Gasteiger partial charge in [-0.25, -0.2) is 4.98 Å². The van der Waals surface area contributed by atoms with Crippen LogP contribution in [0.3, 0.4) is 0 Å². The zero-order chi connectivity index (χ0) is 13.3. The molecule has 1 aromatic carbocycles. The van der Waals surface area contributed by atoms with Crippen LogP contribution in [-0.4, -0.2) is 16.1 Å². The monoisotopic (exact) mass is 346 g/mol. The van der Waals surface area contributed by atoms with Gasteiger partial charge in [-0.2, -0.15) is 0 Å². The average Bonchev–Trinajstić information content (AvgIpc) is 2.81. The lowest BCUT2D eigenvalue weighted by Gasteiger charge is -2.01. The van der Waals surface area contributed by atoms with Gasteiger partial charge in [0.05, 0.1) is 10.7 Å². The molecule has 0 aliphatic rings. The summed E-state index contributed by atoms with van der Waals surface area (Å²) >= 11 is 10.6. The Morgan fingerprint density at radius 2 is 2.28 bits per heavy atom. The molecule has 2 rings (SSSR count). The number of benzene rings is 1. The smallest absolute Gasteiger partial charge is 0.326 e. The molecular weight excluding hydrogens is 340 g/mol. The maximum Gasteiger partial charge on any atom is 0.326 e. The zero-order valence-corrected chi connectivity index (χ0v) is 12.1. The topological polar surface area (TPSA) is 76.2 Å². The van der Waals surface area contributed by atoms with E-state index in [0.29, 0.717) is 15.7 Å². The molecule has 1 unspecified atom stereocenters. The molecule has 7 heteroatoms. The number of aromatic nitrogens is 1. The van der Waals surface area contributed by atoms with Gasteiger partial charge in [-0.1, -0.05) is 17.7 Å². The van der Waals surface area contributed by atoms with Crippen LogP contribution in [0.15, 0.2) is 28.1 Å². The van der Waals surface area contributed by atoms with Gasteiger partial charge in [-0.05, 0) is 28.1 Å². The number of hydrogen-bond acceptors (Lipinski definition) is 4. The Labute approximate surface area is 121 Å². The molecule has 18 heavy (non-hydrogen) atoms. The molecule has 0 bridgehead atoms. The highest BCUT2D eigenvalue weighted by Gasteiger charge is 2.18. The number of nitrogens with zero attached hydrogens (tertiary/aromatic N) is 1. The van der Waals surface area contributed by atoms with Crippen molar-refractivity contribution in [3.63, 3.8) is 0 Å². The molecular formula is C11H8BrClN2O2S. The number of nitrogens with two attached hydrogens (primary N) is 1. The van der Waals surface area contributed by atoms with E-state index in [-0.39, 0.29) is 0 Å². The number of thiazole rings is 1. The van der Waals surface area contributed by atoms with E-state index in [9.17, 15) is 4.79 Å². The highest BCUT2D eigenvalue weighted by molar-refractivity contribution is 9.10. The Balaban J connectivity index is 2.35. The summed E-state index contributed by atoms with van der Waals surface area (Å²) in [5.41, 5.74) is 6.67. The molecule has 4 nitrogen and oxygen atoms in total. The van der Waals surface area contributed by atoms with E-state index in [0.717, 1.165) is 10.0 Å². The van der Waals surface area contributed by atoms with Crippen molar-refractivity contribution >= 4 is 44.8 Å². The number of rotatable bonds is 3. The molecule has 1 aromatic heterocycles. The molecule has 3 N–H and O–H groups in total. The molecule has 2 aromatic rings. The van der Waals surface area contributed by atoms with Crippen LogP contribution in [0, 0.1) is 0 Å². The van der Waals surface area contributed by atoms with Gasteiger partial charge in [-0.15, -0.1) is 11.3 Å². The second-order valence-corrected chi connectivity index (χ2v) is 5.64. The van der Waals surface area contributed by atoms with Crippen molar-refractivity contribution in [2.75, 3.05) is 0 Å². The zero-order valence-electron chi connectivity index (χ0n) is 8.93. The number of carbonyl (C=O) groups is 1. The van der Waals surface area contributed by atoms with Crippen LogP contribution in [-0.2, 0) is 4.79 Å². The minimum atomic E-state index is -1.10.